The van der Waals surface area contributed by atoms with Crippen LogP contribution in [0.4, 0.5) is 0 Å². The van der Waals surface area contributed by atoms with Crippen molar-refractivity contribution < 1.29 is 13.7 Å². The number of aryl methyl sites for hydroxylation is 1. The van der Waals surface area contributed by atoms with Gasteiger partial charge in [0.1, 0.15) is 11.5 Å². The van der Waals surface area contributed by atoms with Crippen LogP contribution in [0.5, 0.6) is 0 Å². The molecule has 134 valence electrons. The molecule has 1 amide bonds. The predicted octanol–water partition coefficient (Wildman–Crippen LogP) is 2.64. The lowest BCUT2D eigenvalue weighted by molar-refractivity contribution is -0.132. The third-order valence-electron chi connectivity index (χ3n) is 5.00. The van der Waals surface area contributed by atoms with Gasteiger partial charge >= 0.3 is 0 Å². The molecule has 2 aromatic heterocycles. The molecule has 1 atom stereocenters. The largest absolute Gasteiger partial charge is 0.464 e. The lowest BCUT2D eigenvalue weighted by atomic mass is 10.2. The van der Waals surface area contributed by atoms with Gasteiger partial charge in [-0.3, -0.25) is 9.69 Å². The lowest BCUT2D eigenvalue weighted by Crippen LogP contribution is -2.38. The van der Waals surface area contributed by atoms with Crippen LogP contribution in [0.25, 0.3) is 0 Å². The van der Waals surface area contributed by atoms with Crippen molar-refractivity contribution in [3.05, 3.63) is 35.4 Å². The van der Waals surface area contributed by atoms with Crippen LogP contribution in [0.15, 0.2) is 21.1 Å². The zero-order chi connectivity index (χ0) is 17.4. The van der Waals surface area contributed by atoms with Gasteiger partial charge in [-0.05, 0) is 51.3 Å². The summed E-state index contributed by atoms with van der Waals surface area (Å²) in [6, 6.07) is 3.91. The number of nitrogens with zero attached hydrogens (tertiary/aromatic N) is 4. The molecule has 0 unspecified atom stereocenters. The normalized spacial score (nSPS) is 21.0. The molecule has 0 bridgehead atoms. The molecule has 0 radical (unpaired) electrons. The maximum absolute atomic E-state index is 12.6. The first-order valence-corrected chi connectivity index (χ1v) is 8.97. The SMILES string of the molecule is Cc1ccc(CN(C)C(=O)CN2CCC[C@@H]2c2noc(C3CC3)n2)o1. The first-order valence-electron chi connectivity index (χ1n) is 8.97. The Bertz CT molecular complexity index is 749. The summed E-state index contributed by atoms with van der Waals surface area (Å²) in [5.74, 6) is 3.69. The second kappa shape index (κ2) is 6.63. The number of hydrogen-bond acceptors (Lipinski definition) is 6. The van der Waals surface area contributed by atoms with Crippen molar-refractivity contribution in [3.63, 3.8) is 0 Å². The van der Waals surface area contributed by atoms with Gasteiger partial charge in [0, 0.05) is 13.0 Å². The van der Waals surface area contributed by atoms with E-state index in [1.165, 1.54) is 0 Å². The fraction of sp³-hybridized carbons (Fsp3) is 0.611. The second-order valence-electron chi connectivity index (χ2n) is 7.16. The van der Waals surface area contributed by atoms with Crippen LogP contribution in [-0.2, 0) is 11.3 Å². The molecule has 0 N–H and O–H groups in total. The van der Waals surface area contributed by atoms with E-state index in [9.17, 15) is 4.79 Å². The van der Waals surface area contributed by atoms with Gasteiger partial charge in [0.2, 0.25) is 11.8 Å². The molecule has 1 saturated carbocycles. The highest BCUT2D eigenvalue weighted by molar-refractivity contribution is 5.78. The van der Waals surface area contributed by atoms with Crippen molar-refractivity contribution in [2.24, 2.45) is 0 Å². The van der Waals surface area contributed by atoms with E-state index in [-0.39, 0.29) is 11.9 Å². The highest BCUT2D eigenvalue weighted by Crippen LogP contribution is 2.40. The van der Waals surface area contributed by atoms with Crippen LogP contribution < -0.4 is 0 Å². The third kappa shape index (κ3) is 3.61. The van der Waals surface area contributed by atoms with E-state index >= 15 is 0 Å². The average Bonchev–Trinajstić information content (AvgIpc) is 2.97. The molecule has 4 rings (SSSR count). The summed E-state index contributed by atoms with van der Waals surface area (Å²) in [6.07, 6.45) is 4.31. The fourth-order valence-electron chi connectivity index (χ4n) is 3.37. The molecular weight excluding hydrogens is 320 g/mol. The molecule has 3 heterocycles. The molecule has 0 aromatic carbocycles. The first-order chi connectivity index (χ1) is 12.1. The number of amides is 1. The number of carbonyl (C=O) groups excluding carboxylic acids is 1. The van der Waals surface area contributed by atoms with Crippen LogP contribution in [0.2, 0.25) is 0 Å². The highest BCUT2D eigenvalue weighted by Gasteiger charge is 2.35. The smallest absolute Gasteiger partial charge is 0.236 e. The quantitative estimate of drug-likeness (QED) is 0.802. The Morgan fingerprint density at radius 1 is 1.36 bits per heavy atom. The van der Waals surface area contributed by atoms with E-state index in [1.54, 1.807) is 4.90 Å². The minimum absolute atomic E-state index is 0.0758. The Kier molecular flexibility index (Phi) is 4.33. The first kappa shape index (κ1) is 16.3. The van der Waals surface area contributed by atoms with Crippen LogP contribution in [0.3, 0.4) is 0 Å². The summed E-state index contributed by atoms with van der Waals surface area (Å²) in [4.78, 5) is 21.0. The molecule has 0 spiro atoms. The molecule has 1 saturated heterocycles. The number of furan rings is 1. The zero-order valence-electron chi connectivity index (χ0n) is 14.8. The molecule has 25 heavy (non-hydrogen) atoms. The molecule has 7 nitrogen and oxygen atoms in total. The van der Waals surface area contributed by atoms with Crippen molar-refractivity contribution in [3.8, 4) is 0 Å². The summed E-state index contributed by atoms with van der Waals surface area (Å²) >= 11 is 0. The van der Waals surface area contributed by atoms with E-state index in [0.717, 1.165) is 55.5 Å². The Morgan fingerprint density at radius 2 is 2.20 bits per heavy atom. The predicted molar refractivity (Wildman–Crippen MR) is 89.7 cm³/mol. The number of likely N-dealkylation sites (tertiary alicyclic amines) is 1. The van der Waals surface area contributed by atoms with Crippen LogP contribution in [-0.4, -0.2) is 46.0 Å². The Hall–Kier alpha value is -2.15. The zero-order valence-corrected chi connectivity index (χ0v) is 14.8. The van der Waals surface area contributed by atoms with Crippen LogP contribution in [0.1, 0.15) is 60.9 Å². The number of carbonyl (C=O) groups is 1. The van der Waals surface area contributed by atoms with Crippen molar-refractivity contribution in [1.82, 2.24) is 19.9 Å². The Morgan fingerprint density at radius 3 is 2.92 bits per heavy atom. The summed E-state index contributed by atoms with van der Waals surface area (Å²) in [7, 11) is 1.81. The fourth-order valence-corrected chi connectivity index (χ4v) is 3.37. The van der Waals surface area contributed by atoms with Crippen LogP contribution in [0, 0.1) is 6.92 Å². The van der Waals surface area contributed by atoms with Crippen LogP contribution >= 0.6 is 0 Å². The van der Waals surface area contributed by atoms with Crippen molar-refractivity contribution in [2.45, 2.75) is 51.1 Å². The summed E-state index contributed by atoms with van der Waals surface area (Å²) in [5.41, 5.74) is 0. The number of aromatic nitrogens is 2. The molecule has 1 aliphatic heterocycles. The van der Waals surface area contributed by atoms with E-state index in [0.29, 0.717) is 19.0 Å². The maximum atomic E-state index is 12.6. The molecule has 2 fully saturated rings. The number of likely N-dealkylation sites (N-methyl/N-ethyl adjacent to an activating group) is 1. The topological polar surface area (TPSA) is 75.6 Å². The van der Waals surface area contributed by atoms with Gasteiger partial charge in [0.15, 0.2) is 5.82 Å². The number of rotatable bonds is 6. The minimum Gasteiger partial charge on any atom is -0.464 e. The van der Waals surface area contributed by atoms with Gasteiger partial charge in [-0.1, -0.05) is 5.16 Å². The highest BCUT2D eigenvalue weighted by atomic mass is 16.5. The molecule has 7 heteroatoms. The van der Waals surface area contributed by atoms with Crippen molar-refractivity contribution >= 4 is 5.91 Å². The maximum Gasteiger partial charge on any atom is 0.236 e. The average molecular weight is 344 g/mol. The van der Waals surface area contributed by atoms with E-state index < -0.39 is 0 Å². The molecular formula is C18H24N4O3. The second-order valence-corrected chi connectivity index (χ2v) is 7.16. The Labute approximate surface area is 147 Å². The van der Waals surface area contributed by atoms with Gasteiger partial charge in [-0.15, -0.1) is 0 Å². The summed E-state index contributed by atoms with van der Waals surface area (Å²) in [6.45, 7) is 3.64. The standard InChI is InChI=1S/C18H24N4O3/c1-12-5-8-14(24-12)10-21(2)16(23)11-22-9-3-4-15(22)17-19-18(25-20-17)13-6-7-13/h5,8,13,15H,3-4,6-7,9-11H2,1-2H3/t15-/m1/s1. The van der Waals surface area contributed by atoms with Gasteiger partial charge in [-0.2, -0.15) is 4.98 Å². The van der Waals surface area contributed by atoms with Crippen molar-refractivity contribution in [2.75, 3.05) is 20.1 Å². The van der Waals surface area contributed by atoms with Gasteiger partial charge in [0.25, 0.3) is 0 Å². The minimum atomic E-state index is 0.0758. The van der Waals surface area contributed by atoms with Gasteiger partial charge in [0.05, 0.1) is 19.1 Å². The molecule has 2 aliphatic rings. The monoisotopic (exact) mass is 344 g/mol. The van der Waals surface area contributed by atoms with Gasteiger partial charge in [-0.25, -0.2) is 0 Å². The van der Waals surface area contributed by atoms with E-state index in [4.69, 9.17) is 8.94 Å². The van der Waals surface area contributed by atoms with Crippen molar-refractivity contribution in [1.29, 1.82) is 0 Å². The van der Waals surface area contributed by atoms with E-state index in [2.05, 4.69) is 15.0 Å². The lowest BCUT2D eigenvalue weighted by Gasteiger charge is -2.24. The number of hydrogen-bond donors (Lipinski definition) is 0. The molecule has 1 aliphatic carbocycles. The summed E-state index contributed by atoms with van der Waals surface area (Å²) in [5, 5.41) is 4.16. The summed E-state index contributed by atoms with van der Waals surface area (Å²) < 4.78 is 10.9. The third-order valence-corrected chi connectivity index (χ3v) is 5.00. The molecule has 2 aromatic rings. The van der Waals surface area contributed by atoms with E-state index in [1.807, 2.05) is 26.1 Å². The van der Waals surface area contributed by atoms with Gasteiger partial charge < -0.3 is 13.8 Å². The Balaban J connectivity index is 1.37.